The molecular weight excluding hydrogens is 544 g/mol. The minimum atomic E-state index is -0.866. The Balaban J connectivity index is 1.10. The highest BCUT2D eigenvalue weighted by Crippen LogP contribution is 2.33. The summed E-state index contributed by atoms with van der Waals surface area (Å²) < 4.78 is 69.9. The lowest BCUT2D eigenvalue weighted by Gasteiger charge is -2.28. The van der Waals surface area contributed by atoms with E-state index in [0.717, 1.165) is 49.6 Å². The summed E-state index contributed by atoms with van der Waals surface area (Å²) in [5.41, 5.74) is 0. The number of hydrogen-bond acceptors (Lipinski definition) is 17. The fourth-order valence-electron chi connectivity index (χ4n) is 4.64. The van der Waals surface area contributed by atoms with Crippen LogP contribution in [0.1, 0.15) is 0 Å². The van der Waals surface area contributed by atoms with Crippen molar-refractivity contribution in [1.82, 2.24) is 17.5 Å². The van der Waals surface area contributed by atoms with Crippen molar-refractivity contribution in [2.75, 3.05) is 89.5 Å². The lowest BCUT2D eigenvalue weighted by molar-refractivity contribution is -0.252. The van der Waals surface area contributed by atoms with E-state index in [-0.39, 0.29) is 20.0 Å². The van der Waals surface area contributed by atoms with Gasteiger partial charge in [0.1, 0.15) is 44.4 Å². The maximum absolute atomic E-state index is 6.07. The van der Waals surface area contributed by atoms with Gasteiger partial charge in [0.2, 0.25) is 11.6 Å². The highest BCUT2D eigenvalue weighted by atomic mass is 32.1. The first-order valence-electron chi connectivity index (χ1n) is 12.4. The second-order valence-corrected chi connectivity index (χ2v) is 9.92. The second kappa shape index (κ2) is 12.5. The molecule has 210 valence electrons. The Kier molecular flexibility index (Phi) is 8.63. The van der Waals surface area contributed by atoms with Crippen LogP contribution in [0.25, 0.3) is 0 Å². The Morgan fingerprint density at radius 2 is 1.21 bits per heavy atom. The minimum absolute atomic E-state index is 0.0106. The molecule has 17 heteroatoms. The largest absolute Gasteiger partial charge is 0.472 e. The van der Waals surface area contributed by atoms with Gasteiger partial charge in [0.25, 0.3) is 18.2 Å². The molecule has 4 aliphatic heterocycles. The Hall–Kier alpha value is -1.96. The molecule has 6 rings (SSSR count). The van der Waals surface area contributed by atoms with E-state index in [1.165, 1.54) is 7.11 Å². The zero-order chi connectivity index (χ0) is 25.7. The minimum Gasteiger partial charge on any atom is -0.472 e. The Labute approximate surface area is 227 Å². The summed E-state index contributed by atoms with van der Waals surface area (Å²) in [4.78, 5) is 4.20. The van der Waals surface area contributed by atoms with Crippen LogP contribution >= 0.6 is 23.5 Å². The second-order valence-electron chi connectivity index (χ2n) is 8.86. The number of fused-ring (bicyclic) bond motifs is 1. The Bertz CT molecular complexity index is 945. The molecule has 0 amide bonds. The van der Waals surface area contributed by atoms with E-state index in [2.05, 4.69) is 27.3 Å². The predicted octanol–water partition coefficient (Wildman–Crippen LogP) is -0.0239. The van der Waals surface area contributed by atoms with E-state index in [1.54, 1.807) is 0 Å². The lowest BCUT2D eigenvalue weighted by atomic mass is 10.0. The smallest absolute Gasteiger partial charge is 0.272 e. The van der Waals surface area contributed by atoms with Gasteiger partial charge in [0.15, 0.2) is 0 Å². The van der Waals surface area contributed by atoms with Crippen molar-refractivity contribution < 1.29 is 42.6 Å². The molecule has 0 radical (unpaired) electrons. The van der Waals surface area contributed by atoms with Crippen LogP contribution in [-0.2, 0) is 33.2 Å². The first-order valence-corrected chi connectivity index (χ1v) is 13.9. The summed E-state index contributed by atoms with van der Waals surface area (Å²) in [7, 11) is 1.51. The summed E-state index contributed by atoms with van der Waals surface area (Å²) in [6, 6.07) is 0. The summed E-state index contributed by atoms with van der Waals surface area (Å²) in [5, 5.41) is 0. The SMILES string of the molecule is COC1OC2C(COc3nsnc3N3CCOCC3)OCOC(COc3nsnc3N3CCOCC3)C2O1. The Morgan fingerprint density at radius 3 is 1.66 bits per heavy atom. The normalized spacial score (nSPS) is 30.2. The monoisotopic (exact) mass is 574 g/mol. The van der Waals surface area contributed by atoms with Gasteiger partial charge in [-0.1, -0.05) is 0 Å². The third-order valence-corrected chi connectivity index (χ3v) is 7.63. The number of hydrogen-bond donors (Lipinski definition) is 0. The summed E-state index contributed by atoms with van der Waals surface area (Å²) in [6.45, 7) is 4.97. The molecule has 2 aromatic rings. The van der Waals surface area contributed by atoms with Gasteiger partial charge in [-0.2, -0.15) is 8.75 Å². The lowest BCUT2D eigenvalue weighted by Crippen LogP contribution is -2.45. The van der Waals surface area contributed by atoms with Crippen molar-refractivity contribution in [3.8, 4) is 11.8 Å². The van der Waals surface area contributed by atoms with Gasteiger partial charge < -0.3 is 52.4 Å². The predicted molar refractivity (Wildman–Crippen MR) is 132 cm³/mol. The van der Waals surface area contributed by atoms with E-state index < -0.39 is 30.9 Å². The van der Waals surface area contributed by atoms with Crippen LogP contribution in [0.4, 0.5) is 11.6 Å². The molecule has 0 aromatic carbocycles. The average Bonchev–Trinajstić information content (AvgIpc) is 3.71. The molecule has 38 heavy (non-hydrogen) atoms. The zero-order valence-corrected chi connectivity index (χ0v) is 22.5. The number of nitrogens with zero attached hydrogens (tertiary/aromatic N) is 6. The van der Waals surface area contributed by atoms with Crippen molar-refractivity contribution in [2.24, 2.45) is 0 Å². The zero-order valence-electron chi connectivity index (χ0n) is 20.8. The van der Waals surface area contributed by atoms with Crippen LogP contribution in [0.15, 0.2) is 0 Å². The van der Waals surface area contributed by atoms with Crippen LogP contribution in [0.5, 0.6) is 11.8 Å². The van der Waals surface area contributed by atoms with E-state index >= 15 is 0 Å². The van der Waals surface area contributed by atoms with Gasteiger partial charge in [-0.15, -0.1) is 8.75 Å². The molecule has 0 N–H and O–H groups in total. The summed E-state index contributed by atoms with van der Waals surface area (Å²) >= 11 is 2.21. The average molecular weight is 575 g/mol. The quantitative estimate of drug-likeness (QED) is 0.396. The van der Waals surface area contributed by atoms with Gasteiger partial charge in [0, 0.05) is 33.3 Å². The van der Waals surface area contributed by atoms with Crippen molar-refractivity contribution in [3.05, 3.63) is 0 Å². The number of anilines is 2. The first-order chi connectivity index (χ1) is 18.8. The molecular formula is C21H30N6O9S2. The van der Waals surface area contributed by atoms with E-state index in [1.807, 2.05) is 0 Å². The first kappa shape index (κ1) is 26.3. The topological polar surface area (TPSA) is 141 Å². The van der Waals surface area contributed by atoms with Gasteiger partial charge in [-0.3, -0.25) is 0 Å². The molecule has 4 fully saturated rings. The van der Waals surface area contributed by atoms with Gasteiger partial charge in [-0.25, -0.2) is 0 Å². The third-order valence-electron chi connectivity index (χ3n) is 6.62. The molecule has 2 aromatic heterocycles. The standard InChI is InChI=1S/C21H30N6O9S2/c1-28-21-35-15-13(10-31-19-17(22-37-24-19)26-2-6-29-7-3-26)33-12-34-14(16(15)36-21)11-32-20-18(23-38-25-20)27-4-8-30-9-5-27/h13-16,21H,2-12H2,1H3. The van der Waals surface area contributed by atoms with E-state index in [0.29, 0.717) is 49.8 Å². The molecule has 4 atom stereocenters. The maximum atomic E-state index is 6.07. The molecule has 4 aliphatic rings. The molecule has 4 unspecified atom stereocenters. The summed E-state index contributed by atoms with van der Waals surface area (Å²) in [5.74, 6) is 2.32. The molecule has 4 saturated heterocycles. The Morgan fingerprint density at radius 1 is 0.737 bits per heavy atom. The number of ether oxygens (including phenoxy) is 9. The summed E-state index contributed by atoms with van der Waals surface area (Å²) in [6.07, 6.45) is -2.06. The van der Waals surface area contributed by atoms with Crippen LogP contribution < -0.4 is 19.3 Å². The van der Waals surface area contributed by atoms with Crippen LogP contribution in [0, 0.1) is 0 Å². The maximum Gasteiger partial charge on any atom is 0.272 e. The number of morpholine rings is 2. The van der Waals surface area contributed by atoms with Crippen LogP contribution in [0.3, 0.4) is 0 Å². The fraction of sp³-hybridized carbons (Fsp3) is 0.810. The van der Waals surface area contributed by atoms with Crippen molar-refractivity contribution in [2.45, 2.75) is 30.9 Å². The van der Waals surface area contributed by atoms with Crippen molar-refractivity contribution in [1.29, 1.82) is 0 Å². The highest BCUT2D eigenvalue weighted by molar-refractivity contribution is 6.99. The van der Waals surface area contributed by atoms with E-state index in [9.17, 15) is 0 Å². The molecule has 0 aliphatic carbocycles. The van der Waals surface area contributed by atoms with Crippen molar-refractivity contribution >= 4 is 35.1 Å². The number of rotatable bonds is 9. The molecule has 15 nitrogen and oxygen atoms in total. The third kappa shape index (κ3) is 5.80. The van der Waals surface area contributed by atoms with E-state index in [4.69, 9.17) is 42.6 Å². The highest BCUT2D eigenvalue weighted by Gasteiger charge is 2.49. The van der Waals surface area contributed by atoms with Crippen LogP contribution in [0.2, 0.25) is 0 Å². The van der Waals surface area contributed by atoms with Crippen molar-refractivity contribution in [3.63, 3.8) is 0 Å². The van der Waals surface area contributed by atoms with Gasteiger partial charge in [0.05, 0.1) is 49.9 Å². The molecule has 6 heterocycles. The number of aromatic nitrogens is 4. The molecule has 0 spiro atoms. The van der Waals surface area contributed by atoms with Crippen LogP contribution in [-0.4, -0.2) is 128 Å². The molecule has 0 saturated carbocycles. The number of methoxy groups -OCH3 is 1. The molecule has 0 bridgehead atoms. The van der Waals surface area contributed by atoms with Gasteiger partial charge >= 0.3 is 0 Å². The van der Waals surface area contributed by atoms with Gasteiger partial charge in [-0.05, 0) is 0 Å². The fourth-order valence-corrected chi connectivity index (χ4v) is 5.68.